The second-order valence-electron chi connectivity index (χ2n) is 12.1. The van der Waals surface area contributed by atoms with Crippen molar-refractivity contribution in [3.8, 4) is 11.1 Å². The lowest BCUT2D eigenvalue weighted by atomic mass is 9.33. The van der Waals surface area contributed by atoms with Crippen LogP contribution in [-0.4, -0.2) is 6.71 Å². The molecule has 0 saturated heterocycles. The molecular weight excluding hydrogens is 559 g/mol. The molecule has 0 spiro atoms. The van der Waals surface area contributed by atoms with Crippen LogP contribution < -0.4 is 26.2 Å². The van der Waals surface area contributed by atoms with Crippen molar-refractivity contribution < 1.29 is 4.42 Å². The summed E-state index contributed by atoms with van der Waals surface area (Å²) in [5.74, 6) is 0. The quantitative estimate of drug-likeness (QED) is 0.192. The van der Waals surface area contributed by atoms with Crippen LogP contribution >= 0.6 is 0 Å². The molecule has 10 rings (SSSR count). The summed E-state index contributed by atoms with van der Waals surface area (Å²) in [6.07, 6.45) is 0. The van der Waals surface area contributed by atoms with Crippen LogP contribution in [0, 0.1) is 0 Å². The van der Waals surface area contributed by atoms with E-state index in [1.165, 1.54) is 39.1 Å². The van der Waals surface area contributed by atoms with Gasteiger partial charge >= 0.3 is 0 Å². The van der Waals surface area contributed by atoms with Gasteiger partial charge in [0, 0.05) is 50.5 Å². The molecule has 8 aromatic rings. The van der Waals surface area contributed by atoms with Crippen molar-refractivity contribution in [2.24, 2.45) is 0 Å². The maximum atomic E-state index is 6.50. The molecule has 0 aliphatic carbocycles. The van der Waals surface area contributed by atoms with E-state index in [1.807, 2.05) is 6.07 Å². The number of nitrogens with zero attached hydrogens (tertiary/aromatic N) is 2. The fourth-order valence-corrected chi connectivity index (χ4v) is 7.73. The monoisotopic (exact) mass is 586 g/mol. The van der Waals surface area contributed by atoms with E-state index in [0.717, 1.165) is 44.4 Å². The van der Waals surface area contributed by atoms with E-state index in [9.17, 15) is 0 Å². The van der Waals surface area contributed by atoms with Crippen LogP contribution in [0.25, 0.3) is 33.1 Å². The van der Waals surface area contributed by atoms with Crippen LogP contribution in [0.2, 0.25) is 0 Å². The van der Waals surface area contributed by atoms with E-state index in [0.29, 0.717) is 0 Å². The van der Waals surface area contributed by atoms with Crippen LogP contribution in [0.4, 0.5) is 34.1 Å². The summed E-state index contributed by atoms with van der Waals surface area (Å²) < 4.78 is 6.50. The second kappa shape index (κ2) is 9.75. The Balaban J connectivity index is 1.25. The van der Waals surface area contributed by atoms with Crippen molar-refractivity contribution >= 4 is 79.2 Å². The molecule has 1 aromatic heterocycles. The van der Waals surface area contributed by atoms with Gasteiger partial charge in [-0.05, 0) is 76.5 Å². The molecule has 214 valence electrons. The normalized spacial score (nSPS) is 13.1. The zero-order chi connectivity index (χ0) is 30.2. The maximum Gasteiger partial charge on any atom is 0.252 e. The highest BCUT2D eigenvalue weighted by atomic mass is 16.3. The van der Waals surface area contributed by atoms with Crippen LogP contribution in [-0.2, 0) is 0 Å². The molecule has 0 radical (unpaired) electrons. The standard InChI is InChI=1S/C42H27BN2O/c1-3-13-29(14-4-1)44-36-21-9-8-20-34(36)43-35-26-25-28(31-18-11-19-33-32-17-7-10-24-40(32)46-42(31)33)27-39(35)45(30-15-5-2-6-16-30)38-23-12-22-37(44)41(38)43/h1-27H. The maximum absolute atomic E-state index is 6.50. The highest BCUT2D eigenvalue weighted by molar-refractivity contribution is 7.00. The molecule has 3 nitrogen and oxygen atoms in total. The Hall–Kier alpha value is -6.00. The minimum absolute atomic E-state index is 0.0911. The van der Waals surface area contributed by atoms with E-state index in [-0.39, 0.29) is 6.71 Å². The molecule has 0 atom stereocenters. The summed E-state index contributed by atoms with van der Waals surface area (Å²) in [5.41, 5.74) is 15.1. The highest BCUT2D eigenvalue weighted by Gasteiger charge is 2.43. The molecular formula is C42H27BN2O. The van der Waals surface area contributed by atoms with Crippen LogP contribution in [0.15, 0.2) is 168 Å². The Morgan fingerprint density at radius 1 is 0.435 bits per heavy atom. The van der Waals surface area contributed by atoms with Crippen molar-refractivity contribution in [3.63, 3.8) is 0 Å². The number of fused-ring (bicyclic) bond motifs is 7. The first-order chi connectivity index (χ1) is 22.8. The number of rotatable bonds is 3. The fourth-order valence-electron chi connectivity index (χ4n) is 7.73. The third-order valence-electron chi connectivity index (χ3n) is 9.65. The van der Waals surface area contributed by atoms with Crippen LogP contribution in [0.1, 0.15) is 0 Å². The SMILES string of the molecule is c1ccc(N2c3ccccc3B3c4ccc(-c5cccc6c5oc5ccccc56)cc4N(c4ccccc4)c4cccc2c43)cc1. The number of para-hydroxylation sites is 5. The van der Waals surface area contributed by atoms with Gasteiger partial charge in [-0.2, -0.15) is 0 Å². The summed E-state index contributed by atoms with van der Waals surface area (Å²) in [4.78, 5) is 4.87. The first kappa shape index (κ1) is 25.3. The van der Waals surface area contributed by atoms with E-state index in [4.69, 9.17) is 4.42 Å². The Kier molecular flexibility index (Phi) is 5.37. The molecule has 2 aliphatic heterocycles. The molecule has 0 bridgehead atoms. The molecule has 0 saturated carbocycles. The fraction of sp³-hybridized carbons (Fsp3) is 0. The zero-order valence-electron chi connectivity index (χ0n) is 25.0. The topological polar surface area (TPSA) is 19.6 Å². The average Bonchev–Trinajstić information content (AvgIpc) is 3.51. The first-order valence-electron chi connectivity index (χ1n) is 15.8. The number of hydrogen-bond acceptors (Lipinski definition) is 3. The predicted octanol–water partition coefficient (Wildman–Crippen LogP) is 9.34. The smallest absolute Gasteiger partial charge is 0.252 e. The van der Waals surface area contributed by atoms with Crippen molar-refractivity contribution in [1.29, 1.82) is 0 Å². The Bertz CT molecular complexity index is 2450. The summed E-state index contributed by atoms with van der Waals surface area (Å²) in [6.45, 7) is 0.0911. The predicted molar refractivity (Wildman–Crippen MR) is 193 cm³/mol. The molecule has 0 unspecified atom stereocenters. The average molecular weight is 587 g/mol. The van der Waals surface area contributed by atoms with Gasteiger partial charge in [0.05, 0.1) is 0 Å². The number of anilines is 6. The molecule has 0 N–H and O–H groups in total. The summed E-state index contributed by atoms with van der Waals surface area (Å²) in [5, 5.41) is 2.29. The van der Waals surface area contributed by atoms with Gasteiger partial charge in [0.1, 0.15) is 11.2 Å². The van der Waals surface area contributed by atoms with Crippen molar-refractivity contribution in [1.82, 2.24) is 0 Å². The van der Waals surface area contributed by atoms with Gasteiger partial charge in [-0.25, -0.2) is 0 Å². The van der Waals surface area contributed by atoms with Gasteiger partial charge in [0.25, 0.3) is 6.71 Å². The molecule has 3 heterocycles. The van der Waals surface area contributed by atoms with Crippen LogP contribution in [0.5, 0.6) is 0 Å². The lowest BCUT2D eigenvalue weighted by Crippen LogP contribution is -2.61. The largest absolute Gasteiger partial charge is 0.455 e. The number of benzene rings is 7. The van der Waals surface area contributed by atoms with Gasteiger partial charge in [0.15, 0.2) is 0 Å². The zero-order valence-corrected chi connectivity index (χ0v) is 25.0. The minimum atomic E-state index is 0.0911. The van der Waals surface area contributed by atoms with E-state index in [1.54, 1.807) is 0 Å². The van der Waals surface area contributed by atoms with E-state index in [2.05, 4.69) is 168 Å². The first-order valence-corrected chi connectivity index (χ1v) is 15.8. The van der Waals surface area contributed by atoms with Crippen molar-refractivity contribution in [2.75, 3.05) is 9.80 Å². The summed E-state index contributed by atoms with van der Waals surface area (Å²) in [7, 11) is 0. The van der Waals surface area contributed by atoms with Crippen molar-refractivity contribution in [3.05, 3.63) is 164 Å². The number of hydrogen-bond donors (Lipinski definition) is 0. The molecule has 46 heavy (non-hydrogen) atoms. The number of furan rings is 1. The summed E-state index contributed by atoms with van der Waals surface area (Å²) >= 11 is 0. The van der Waals surface area contributed by atoms with Gasteiger partial charge < -0.3 is 14.2 Å². The Labute approximate surface area is 267 Å². The molecule has 0 fully saturated rings. The van der Waals surface area contributed by atoms with Crippen molar-refractivity contribution in [2.45, 2.75) is 0 Å². The van der Waals surface area contributed by atoms with Gasteiger partial charge in [-0.3, -0.25) is 0 Å². The van der Waals surface area contributed by atoms with E-state index < -0.39 is 0 Å². The highest BCUT2D eigenvalue weighted by Crippen LogP contribution is 2.45. The summed E-state index contributed by atoms with van der Waals surface area (Å²) in [6, 6.07) is 58.9. The lowest BCUT2D eigenvalue weighted by Gasteiger charge is -2.44. The Morgan fingerprint density at radius 3 is 1.80 bits per heavy atom. The second-order valence-corrected chi connectivity index (χ2v) is 12.1. The van der Waals surface area contributed by atoms with Gasteiger partial charge in [-0.1, -0.05) is 109 Å². The molecule has 4 heteroatoms. The lowest BCUT2D eigenvalue weighted by molar-refractivity contribution is 0.670. The molecule has 7 aromatic carbocycles. The third-order valence-corrected chi connectivity index (χ3v) is 9.65. The third kappa shape index (κ3) is 3.55. The molecule has 0 amide bonds. The van der Waals surface area contributed by atoms with Crippen LogP contribution in [0.3, 0.4) is 0 Å². The molecule has 2 aliphatic rings. The van der Waals surface area contributed by atoms with E-state index >= 15 is 0 Å². The minimum Gasteiger partial charge on any atom is -0.455 e. The van der Waals surface area contributed by atoms with Gasteiger partial charge in [0.2, 0.25) is 0 Å². The Morgan fingerprint density at radius 2 is 1.02 bits per heavy atom. The van der Waals surface area contributed by atoms with Gasteiger partial charge in [-0.15, -0.1) is 0 Å².